The van der Waals surface area contributed by atoms with Crippen molar-refractivity contribution >= 4 is 23.0 Å². The number of aromatic nitrogens is 1. The van der Waals surface area contributed by atoms with Gasteiger partial charge in [-0.3, -0.25) is 0 Å². The van der Waals surface area contributed by atoms with Gasteiger partial charge in [0.15, 0.2) is 0 Å². The van der Waals surface area contributed by atoms with E-state index in [0.717, 1.165) is 5.39 Å². The molecule has 2 aromatic rings. The van der Waals surface area contributed by atoms with Crippen LogP contribution in [0.1, 0.15) is 32.0 Å². The minimum absolute atomic E-state index is 0.0321. The van der Waals surface area contributed by atoms with Gasteiger partial charge in [-0.25, -0.2) is 14.0 Å². The zero-order valence-electron chi connectivity index (χ0n) is 14.1. The molecule has 130 valence electrons. The molecule has 2 rings (SSSR count). The van der Waals surface area contributed by atoms with Gasteiger partial charge in [0.25, 0.3) is 0 Å². The number of H-pyrrole nitrogens is 1. The number of carbonyl (C=O) groups excluding carboxylic acids is 1. The number of alkyl carbamates (subject to hydrolysis) is 1. The molecule has 1 aromatic heterocycles. The summed E-state index contributed by atoms with van der Waals surface area (Å²) in [6.07, 6.45) is -0.766. The van der Waals surface area contributed by atoms with Gasteiger partial charge in [-0.15, -0.1) is 0 Å². The van der Waals surface area contributed by atoms with Crippen molar-refractivity contribution in [1.29, 1.82) is 0 Å². The van der Waals surface area contributed by atoms with E-state index in [1.165, 1.54) is 6.07 Å². The first kappa shape index (κ1) is 17.8. The smallest absolute Gasteiger partial charge is 0.408 e. The number of benzene rings is 1. The number of amides is 1. The molecule has 3 N–H and O–H groups in total. The number of aliphatic carboxylic acids is 1. The van der Waals surface area contributed by atoms with Crippen molar-refractivity contribution in [3.63, 3.8) is 0 Å². The fourth-order valence-corrected chi connectivity index (χ4v) is 2.36. The second-order valence-corrected chi connectivity index (χ2v) is 6.67. The fourth-order valence-electron chi connectivity index (χ4n) is 2.36. The molecule has 1 aromatic carbocycles. The number of aryl methyl sites for hydroxylation is 1. The zero-order chi connectivity index (χ0) is 18.1. The summed E-state index contributed by atoms with van der Waals surface area (Å²) < 4.78 is 18.7. The lowest BCUT2D eigenvalue weighted by molar-refractivity contribution is -0.139. The highest BCUT2D eigenvalue weighted by Gasteiger charge is 2.25. The number of fused-ring (bicyclic) bond motifs is 1. The molecule has 0 aliphatic carbocycles. The van der Waals surface area contributed by atoms with Crippen LogP contribution in [0.2, 0.25) is 0 Å². The minimum atomic E-state index is -1.18. The Morgan fingerprint density at radius 2 is 2.04 bits per heavy atom. The van der Waals surface area contributed by atoms with Crippen LogP contribution in [0.5, 0.6) is 0 Å². The molecule has 0 aliphatic rings. The van der Waals surface area contributed by atoms with E-state index in [4.69, 9.17) is 4.74 Å². The van der Waals surface area contributed by atoms with Gasteiger partial charge in [-0.05, 0) is 45.9 Å². The average Bonchev–Trinajstić information content (AvgIpc) is 2.83. The van der Waals surface area contributed by atoms with Crippen molar-refractivity contribution in [2.24, 2.45) is 0 Å². The van der Waals surface area contributed by atoms with Gasteiger partial charge in [0.2, 0.25) is 0 Å². The highest BCUT2D eigenvalue weighted by atomic mass is 19.1. The molecule has 0 bridgehead atoms. The standard InChI is InChI=1S/C17H21FN2O4/c1-9-12(18)6-5-10-7-11(19-14(9)10)8-13(15(21)22)20-16(23)24-17(2,3)4/h5-7,13,19H,8H2,1-4H3,(H,20,23)(H,21,22). The predicted molar refractivity (Wildman–Crippen MR) is 87.5 cm³/mol. The quantitative estimate of drug-likeness (QED) is 0.800. The zero-order valence-corrected chi connectivity index (χ0v) is 14.1. The molecule has 0 spiro atoms. The van der Waals surface area contributed by atoms with Crippen molar-refractivity contribution in [3.05, 3.63) is 35.3 Å². The third-order valence-corrected chi connectivity index (χ3v) is 3.46. The summed E-state index contributed by atoms with van der Waals surface area (Å²) >= 11 is 0. The molecular formula is C17H21FN2O4. The van der Waals surface area contributed by atoms with Crippen molar-refractivity contribution in [2.45, 2.75) is 45.8 Å². The lowest BCUT2D eigenvalue weighted by atomic mass is 10.1. The summed E-state index contributed by atoms with van der Waals surface area (Å²) in [5.74, 6) is -1.51. The molecule has 7 heteroatoms. The van der Waals surface area contributed by atoms with Crippen molar-refractivity contribution in [2.75, 3.05) is 0 Å². The monoisotopic (exact) mass is 336 g/mol. The van der Waals surface area contributed by atoms with Crippen molar-refractivity contribution < 1.29 is 23.8 Å². The minimum Gasteiger partial charge on any atom is -0.480 e. The Balaban J connectivity index is 2.18. The summed E-state index contributed by atoms with van der Waals surface area (Å²) in [4.78, 5) is 26.2. The highest BCUT2D eigenvalue weighted by Crippen LogP contribution is 2.22. The highest BCUT2D eigenvalue weighted by molar-refractivity contribution is 5.84. The van der Waals surface area contributed by atoms with Gasteiger partial charge in [0, 0.05) is 23.1 Å². The SMILES string of the molecule is Cc1c(F)ccc2cc(CC(NC(=O)OC(C)(C)C)C(=O)O)[nH]c12. The van der Waals surface area contributed by atoms with Crippen LogP contribution in [0.15, 0.2) is 18.2 Å². The Labute approximate surface area is 139 Å². The number of hydrogen-bond donors (Lipinski definition) is 3. The largest absolute Gasteiger partial charge is 0.480 e. The summed E-state index contributed by atoms with van der Waals surface area (Å²) in [7, 11) is 0. The maximum Gasteiger partial charge on any atom is 0.408 e. The van der Waals surface area contributed by atoms with Crippen molar-refractivity contribution in [3.8, 4) is 0 Å². The third kappa shape index (κ3) is 4.24. The number of carboxylic acids is 1. The molecule has 0 saturated heterocycles. The van der Waals surface area contributed by atoms with Gasteiger partial charge < -0.3 is 20.1 Å². The van der Waals surface area contributed by atoms with Crippen LogP contribution < -0.4 is 5.32 Å². The first-order valence-electron chi connectivity index (χ1n) is 7.56. The molecule has 1 heterocycles. The number of carboxylic acid groups (broad SMARTS) is 1. The van der Waals surface area contributed by atoms with Crippen LogP contribution in [0, 0.1) is 12.7 Å². The third-order valence-electron chi connectivity index (χ3n) is 3.46. The number of hydrogen-bond acceptors (Lipinski definition) is 3. The predicted octanol–water partition coefficient (Wildman–Crippen LogP) is 3.14. The Kier molecular flexibility index (Phi) is 4.82. The Morgan fingerprint density at radius 3 is 2.62 bits per heavy atom. The fraction of sp³-hybridized carbons (Fsp3) is 0.412. The van der Waals surface area contributed by atoms with E-state index in [-0.39, 0.29) is 12.2 Å². The van der Waals surface area contributed by atoms with Gasteiger partial charge >= 0.3 is 12.1 Å². The molecule has 1 unspecified atom stereocenters. The second-order valence-electron chi connectivity index (χ2n) is 6.67. The molecule has 1 atom stereocenters. The Hall–Kier alpha value is -2.57. The lowest BCUT2D eigenvalue weighted by Gasteiger charge is -2.21. The van der Waals surface area contributed by atoms with E-state index in [0.29, 0.717) is 16.8 Å². The lowest BCUT2D eigenvalue weighted by Crippen LogP contribution is -2.44. The summed E-state index contributed by atoms with van der Waals surface area (Å²) in [6.45, 7) is 6.72. The van der Waals surface area contributed by atoms with Crippen LogP contribution in [0.3, 0.4) is 0 Å². The number of ether oxygens (including phenoxy) is 1. The second kappa shape index (κ2) is 6.51. The van der Waals surface area contributed by atoms with Gasteiger partial charge in [0.05, 0.1) is 5.52 Å². The van der Waals surface area contributed by atoms with Crippen LogP contribution >= 0.6 is 0 Å². The summed E-state index contributed by atoms with van der Waals surface area (Å²) in [5.41, 5.74) is 0.947. The summed E-state index contributed by atoms with van der Waals surface area (Å²) in [6, 6.07) is 3.57. The van der Waals surface area contributed by atoms with E-state index in [9.17, 15) is 19.1 Å². The Bertz CT molecular complexity index is 777. The van der Waals surface area contributed by atoms with Gasteiger partial charge in [-0.1, -0.05) is 0 Å². The number of nitrogens with one attached hydrogen (secondary N) is 2. The van der Waals surface area contributed by atoms with Crippen LogP contribution in [0.4, 0.5) is 9.18 Å². The number of halogens is 1. The normalized spacial score (nSPS) is 12.9. The molecule has 0 fully saturated rings. The molecule has 1 amide bonds. The maximum atomic E-state index is 13.6. The van der Waals surface area contributed by atoms with E-state index in [2.05, 4.69) is 10.3 Å². The van der Waals surface area contributed by atoms with Crippen LogP contribution in [-0.4, -0.2) is 33.8 Å². The van der Waals surface area contributed by atoms with E-state index >= 15 is 0 Å². The molecule has 0 saturated carbocycles. The van der Waals surface area contributed by atoms with Crippen LogP contribution in [-0.2, 0) is 16.0 Å². The van der Waals surface area contributed by atoms with Crippen LogP contribution in [0.25, 0.3) is 10.9 Å². The molecular weight excluding hydrogens is 315 g/mol. The molecule has 6 nitrogen and oxygen atoms in total. The number of rotatable bonds is 4. The van der Waals surface area contributed by atoms with E-state index in [1.807, 2.05) is 0 Å². The van der Waals surface area contributed by atoms with E-state index in [1.54, 1.807) is 39.8 Å². The molecule has 0 aliphatic heterocycles. The van der Waals surface area contributed by atoms with Crippen molar-refractivity contribution in [1.82, 2.24) is 10.3 Å². The Morgan fingerprint density at radius 1 is 1.38 bits per heavy atom. The number of carbonyl (C=O) groups is 2. The summed E-state index contributed by atoms with van der Waals surface area (Å²) in [5, 5.41) is 12.4. The first-order chi connectivity index (χ1) is 11.1. The topological polar surface area (TPSA) is 91.4 Å². The van der Waals surface area contributed by atoms with E-state index < -0.39 is 23.7 Å². The van der Waals surface area contributed by atoms with Gasteiger partial charge in [-0.2, -0.15) is 0 Å². The molecule has 24 heavy (non-hydrogen) atoms. The average molecular weight is 336 g/mol. The van der Waals surface area contributed by atoms with Gasteiger partial charge in [0.1, 0.15) is 17.5 Å². The maximum absolute atomic E-state index is 13.6. The number of aromatic amines is 1. The first-order valence-corrected chi connectivity index (χ1v) is 7.56. The molecule has 0 radical (unpaired) electrons.